The molecule has 0 N–H and O–H groups in total. The topological polar surface area (TPSA) is 44.1 Å². The van der Waals surface area contributed by atoms with E-state index in [1.807, 2.05) is 25.2 Å². The van der Waals surface area contributed by atoms with Crippen LogP contribution >= 0.6 is 0 Å². The number of nitrogens with zero attached hydrogens (tertiary/aromatic N) is 2. The Morgan fingerprint density at radius 3 is 3.00 bits per heavy atom. The highest BCUT2D eigenvalue weighted by Crippen LogP contribution is 2.21. The summed E-state index contributed by atoms with van der Waals surface area (Å²) in [5.74, 6) is 0.320. The van der Waals surface area contributed by atoms with E-state index >= 15 is 0 Å². The number of amides is 1. The lowest BCUT2D eigenvalue weighted by Gasteiger charge is -2.24. The zero-order valence-electron chi connectivity index (χ0n) is 11.2. The first-order valence-corrected chi connectivity index (χ1v) is 6.59. The molecule has 98 valence electrons. The van der Waals surface area contributed by atoms with Crippen LogP contribution in [0.2, 0.25) is 0 Å². The maximum atomic E-state index is 12.3. The number of benzene rings is 1. The molecule has 3 heteroatoms. The number of carbonyl (C=O) groups excluding carboxylic acids is 1. The number of carbonyl (C=O) groups is 1. The van der Waals surface area contributed by atoms with Crippen LogP contribution in [0.15, 0.2) is 36.4 Å². The largest absolute Gasteiger partial charge is 0.341 e. The van der Waals surface area contributed by atoms with E-state index in [9.17, 15) is 4.79 Å². The molecule has 1 unspecified atom stereocenters. The number of rotatable bonds is 3. The highest BCUT2D eigenvalue weighted by Gasteiger charge is 2.22. The lowest BCUT2D eigenvalue weighted by atomic mass is 9.93. The van der Waals surface area contributed by atoms with Crippen molar-refractivity contribution in [2.75, 3.05) is 7.05 Å². The van der Waals surface area contributed by atoms with Gasteiger partial charge in [-0.2, -0.15) is 5.26 Å². The predicted octanol–water partition coefficient (Wildman–Crippen LogP) is 2.87. The average molecular weight is 254 g/mol. The molecule has 0 spiro atoms. The van der Waals surface area contributed by atoms with Crippen LogP contribution in [0.3, 0.4) is 0 Å². The lowest BCUT2D eigenvalue weighted by molar-refractivity contribution is -0.135. The van der Waals surface area contributed by atoms with Gasteiger partial charge in [-0.1, -0.05) is 24.3 Å². The lowest BCUT2D eigenvalue weighted by Crippen LogP contribution is -2.32. The average Bonchev–Trinajstić information content (AvgIpc) is 2.47. The van der Waals surface area contributed by atoms with Crippen molar-refractivity contribution >= 4 is 5.91 Å². The molecule has 1 aliphatic rings. The van der Waals surface area contributed by atoms with Crippen LogP contribution < -0.4 is 0 Å². The van der Waals surface area contributed by atoms with E-state index in [-0.39, 0.29) is 11.8 Å². The Morgan fingerprint density at radius 2 is 2.32 bits per heavy atom. The number of allylic oxidation sites excluding steroid dienone is 2. The fraction of sp³-hybridized carbons (Fsp3) is 0.375. The van der Waals surface area contributed by atoms with E-state index in [0.29, 0.717) is 12.1 Å². The van der Waals surface area contributed by atoms with Crippen LogP contribution in [0.4, 0.5) is 0 Å². The van der Waals surface area contributed by atoms with Gasteiger partial charge in [-0.15, -0.1) is 0 Å². The third-order valence-electron chi connectivity index (χ3n) is 3.47. The molecule has 3 nitrogen and oxygen atoms in total. The fourth-order valence-electron chi connectivity index (χ4n) is 2.42. The van der Waals surface area contributed by atoms with Crippen molar-refractivity contribution in [3.05, 3.63) is 47.5 Å². The molecule has 0 radical (unpaired) electrons. The van der Waals surface area contributed by atoms with Gasteiger partial charge in [0.1, 0.15) is 0 Å². The van der Waals surface area contributed by atoms with Gasteiger partial charge in [0.2, 0.25) is 5.91 Å². The SMILES string of the molecule is CN(Cc1cccc(C#N)c1)C(=O)C1CC=CCC1. The molecule has 1 aromatic carbocycles. The Balaban J connectivity index is 2.00. The molecule has 0 aromatic heterocycles. The number of hydrogen-bond acceptors (Lipinski definition) is 2. The van der Waals surface area contributed by atoms with Crippen molar-refractivity contribution in [3.63, 3.8) is 0 Å². The molecular weight excluding hydrogens is 236 g/mol. The standard InChI is InChI=1S/C16H18N2O/c1-18(16(19)15-8-3-2-4-9-15)12-14-7-5-6-13(10-14)11-17/h2-3,5-7,10,15H,4,8-9,12H2,1H3. The van der Waals surface area contributed by atoms with Gasteiger partial charge < -0.3 is 4.90 Å². The molecular formula is C16H18N2O. The Bertz CT molecular complexity index is 528. The van der Waals surface area contributed by atoms with Crippen LogP contribution in [0.5, 0.6) is 0 Å². The third kappa shape index (κ3) is 3.45. The summed E-state index contributed by atoms with van der Waals surface area (Å²) in [6.07, 6.45) is 7.02. The Labute approximate surface area is 114 Å². The van der Waals surface area contributed by atoms with Gasteiger partial charge in [0.15, 0.2) is 0 Å². The van der Waals surface area contributed by atoms with Crippen LogP contribution in [-0.4, -0.2) is 17.9 Å². The minimum atomic E-state index is 0.120. The van der Waals surface area contributed by atoms with Crippen molar-refractivity contribution in [3.8, 4) is 6.07 Å². The molecule has 1 atom stereocenters. The zero-order valence-corrected chi connectivity index (χ0v) is 11.2. The predicted molar refractivity (Wildman–Crippen MR) is 74.1 cm³/mol. The van der Waals surface area contributed by atoms with E-state index in [1.165, 1.54) is 0 Å². The monoisotopic (exact) mass is 254 g/mol. The zero-order chi connectivity index (χ0) is 13.7. The minimum absolute atomic E-state index is 0.120. The summed E-state index contributed by atoms with van der Waals surface area (Å²) in [6.45, 7) is 0.564. The summed E-state index contributed by atoms with van der Waals surface area (Å²) in [4.78, 5) is 14.0. The summed E-state index contributed by atoms with van der Waals surface area (Å²) >= 11 is 0. The van der Waals surface area contributed by atoms with Gasteiger partial charge in [0.05, 0.1) is 11.6 Å². The molecule has 19 heavy (non-hydrogen) atoms. The maximum Gasteiger partial charge on any atom is 0.226 e. The molecule has 0 bridgehead atoms. The van der Waals surface area contributed by atoms with Gasteiger partial charge >= 0.3 is 0 Å². The summed E-state index contributed by atoms with van der Waals surface area (Å²) in [6, 6.07) is 9.54. The first kappa shape index (κ1) is 13.4. The smallest absolute Gasteiger partial charge is 0.226 e. The summed E-state index contributed by atoms with van der Waals surface area (Å²) in [7, 11) is 1.83. The Morgan fingerprint density at radius 1 is 1.47 bits per heavy atom. The van der Waals surface area contributed by atoms with Crippen LogP contribution in [-0.2, 0) is 11.3 Å². The number of nitriles is 1. The van der Waals surface area contributed by atoms with E-state index < -0.39 is 0 Å². The summed E-state index contributed by atoms with van der Waals surface area (Å²) < 4.78 is 0. The molecule has 2 rings (SSSR count). The second kappa shape index (κ2) is 6.19. The van der Waals surface area contributed by atoms with E-state index in [0.717, 1.165) is 24.8 Å². The van der Waals surface area contributed by atoms with Gasteiger partial charge in [0, 0.05) is 19.5 Å². The van der Waals surface area contributed by atoms with Crippen molar-refractivity contribution in [2.24, 2.45) is 5.92 Å². The van der Waals surface area contributed by atoms with Crippen molar-refractivity contribution < 1.29 is 4.79 Å². The summed E-state index contributed by atoms with van der Waals surface area (Å²) in [5, 5.41) is 8.87. The molecule has 0 saturated heterocycles. The van der Waals surface area contributed by atoms with Crippen LogP contribution in [0.1, 0.15) is 30.4 Å². The molecule has 0 fully saturated rings. The first-order valence-electron chi connectivity index (χ1n) is 6.59. The molecule has 0 aliphatic heterocycles. The van der Waals surface area contributed by atoms with E-state index in [1.54, 1.807) is 11.0 Å². The van der Waals surface area contributed by atoms with E-state index in [4.69, 9.17) is 5.26 Å². The van der Waals surface area contributed by atoms with Crippen molar-refractivity contribution in [1.82, 2.24) is 4.90 Å². The molecule has 0 heterocycles. The minimum Gasteiger partial charge on any atom is -0.341 e. The van der Waals surface area contributed by atoms with Crippen molar-refractivity contribution in [1.29, 1.82) is 5.26 Å². The fourth-order valence-corrected chi connectivity index (χ4v) is 2.42. The third-order valence-corrected chi connectivity index (χ3v) is 3.47. The molecule has 1 amide bonds. The van der Waals surface area contributed by atoms with Crippen LogP contribution in [0.25, 0.3) is 0 Å². The first-order chi connectivity index (χ1) is 9.20. The quantitative estimate of drug-likeness (QED) is 0.778. The highest BCUT2D eigenvalue weighted by atomic mass is 16.2. The molecule has 1 aromatic rings. The normalized spacial score (nSPS) is 17.8. The van der Waals surface area contributed by atoms with Gasteiger partial charge in [-0.05, 0) is 37.0 Å². The van der Waals surface area contributed by atoms with E-state index in [2.05, 4.69) is 18.2 Å². The Kier molecular flexibility index (Phi) is 4.35. The summed E-state index contributed by atoms with van der Waals surface area (Å²) in [5.41, 5.74) is 1.64. The Hall–Kier alpha value is -2.08. The molecule has 0 saturated carbocycles. The molecule has 1 aliphatic carbocycles. The maximum absolute atomic E-state index is 12.3. The van der Waals surface area contributed by atoms with Gasteiger partial charge in [0.25, 0.3) is 0 Å². The van der Waals surface area contributed by atoms with Gasteiger partial charge in [-0.3, -0.25) is 4.79 Å². The second-order valence-electron chi connectivity index (χ2n) is 4.99. The highest BCUT2D eigenvalue weighted by molar-refractivity contribution is 5.78. The second-order valence-corrected chi connectivity index (χ2v) is 4.99. The number of hydrogen-bond donors (Lipinski definition) is 0. The van der Waals surface area contributed by atoms with Gasteiger partial charge in [-0.25, -0.2) is 0 Å². The van der Waals surface area contributed by atoms with Crippen molar-refractivity contribution in [2.45, 2.75) is 25.8 Å². The van der Waals surface area contributed by atoms with Crippen LogP contribution in [0, 0.1) is 17.2 Å².